The van der Waals surface area contributed by atoms with Crippen LogP contribution in [0.2, 0.25) is 0 Å². The Morgan fingerprint density at radius 2 is 1.38 bits per heavy atom. The molecule has 1 heterocycles. The van der Waals surface area contributed by atoms with Gasteiger partial charge in [-0.3, -0.25) is 9.59 Å². The minimum atomic E-state index is -0.337. The molecule has 0 atom stereocenters. The molecule has 0 N–H and O–H groups in total. The molecular weight excluding hydrogens is 306 g/mol. The summed E-state index contributed by atoms with van der Waals surface area (Å²) in [5.74, 6) is 1.50. The summed E-state index contributed by atoms with van der Waals surface area (Å²) >= 11 is 0. The molecule has 0 saturated carbocycles. The Morgan fingerprint density at radius 3 is 1.88 bits per heavy atom. The van der Waals surface area contributed by atoms with Crippen LogP contribution in [-0.2, 0) is 9.59 Å². The fourth-order valence-electron chi connectivity index (χ4n) is 2.63. The number of rotatable bonds is 4. The molecule has 24 heavy (non-hydrogen) atoms. The summed E-state index contributed by atoms with van der Waals surface area (Å²) < 4.78 is 11.2. The van der Waals surface area contributed by atoms with Crippen LogP contribution in [0, 0.1) is 13.8 Å². The van der Waals surface area contributed by atoms with Gasteiger partial charge in [-0.25, -0.2) is 4.90 Å². The molecule has 0 unspecified atom stereocenters. The topological polar surface area (TPSA) is 55.8 Å². The molecule has 1 aliphatic rings. The number of carbonyl (C=O) groups is 2. The number of hydrogen-bond donors (Lipinski definition) is 0. The lowest BCUT2D eigenvalue weighted by Gasteiger charge is -2.16. The first-order valence-electron chi connectivity index (χ1n) is 7.49. The van der Waals surface area contributed by atoms with Crippen molar-refractivity contribution in [3.8, 4) is 17.2 Å². The van der Waals surface area contributed by atoms with E-state index in [0.717, 1.165) is 27.5 Å². The van der Waals surface area contributed by atoms with Crippen LogP contribution >= 0.6 is 0 Å². The third-order valence-electron chi connectivity index (χ3n) is 3.79. The summed E-state index contributed by atoms with van der Waals surface area (Å²) in [7, 11) is 1.63. The predicted octanol–water partition coefficient (Wildman–Crippen LogP) is 3.53. The van der Waals surface area contributed by atoms with Gasteiger partial charge in [-0.15, -0.1) is 0 Å². The van der Waals surface area contributed by atoms with Gasteiger partial charge in [0.25, 0.3) is 11.8 Å². The van der Waals surface area contributed by atoms with Crippen molar-refractivity contribution in [1.29, 1.82) is 0 Å². The second-order valence-electron chi connectivity index (χ2n) is 5.53. The first-order valence-corrected chi connectivity index (χ1v) is 7.49. The van der Waals surface area contributed by atoms with Crippen LogP contribution in [0.25, 0.3) is 0 Å². The van der Waals surface area contributed by atoms with E-state index in [2.05, 4.69) is 0 Å². The van der Waals surface area contributed by atoms with Crippen LogP contribution < -0.4 is 14.4 Å². The van der Waals surface area contributed by atoms with E-state index in [1.807, 2.05) is 26.0 Å². The molecule has 0 aliphatic carbocycles. The molecule has 2 aromatic carbocycles. The molecule has 2 amide bonds. The van der Waals surface area contributed by atoms with E-state index in [1.54, 1.807) is 31.4 Å². The van der Waals surface area contributed by atoms with Crippen molar-refractivity contribution in [3.05, 3.63) is 59.7 Å². The molecule has 0 aromatic heterocycles. The van der Waals surface area contributed by atoms with Crippen molar-refractivity contribution in [2.45, 2.75) is 13.8 Å². The summed E-state index contributed by atoms with van der Waals surface area (Å²) in [5.41, 5.74) is 2.44. The van der Waals surface area contributed by atoms with Gasteiger partial charge in [0.2, 0.25) is 0 Å². The van der Waals surface area contributed by atoms with E-state index >= 15 is 0 Å². The lowest BCUT2D eigenvalue weighted by molar-refractivity contribution is -0.119. The molecule has 122 valence electrons. The Hall–Kier alpha value is -3.08. The number of carbonyl (C=O) groups excluding carboxylic acids is 2. The maximum absolute atomic E-state index is 11.7. The summed E-state index contributed by atoms with van der Waals surface area (Å²) in [6.45, 7) is 3.90. The van der Waals surface area contributed by atoms with Gasteiger partial charge in [-0.05, 0) is 61.4 Å². The number of aryl methyl sites for hydroxylation is 2. The van der Waals surface area contributed by atoms with Gasteiger partial charge in [0.15, 0.2) is 0 Å². The summed E-state index contributed by atoms with van der Waals surface area (Å²) in [6.07, 6.45) is 2.52. The molecule has 3 rings (SSSR count). The Bertz CT molecular complexity index is 796. The second kappa shape index (κ2) is 6.20. The number of anilines is 1. The Kier molecular flexibility index (Phi) is 4.08. The maximum atomic E-state index is 11.7. The SMILES string of the molecule is COc1cc(C)c(Oc2ccc(N3C(=O)C=CC3=O)cc2)c(C)c1. The van der Waals surface area contributed by atoms with Gasteiger partial charge in [-0.2, -0.15) is 0 Å². The number of methoxy groups -OCH3 is 1. The molecule has 0 radical (unpaired) electrons. The van der Waals surface area contributed by atoms with E-state index in [1.165, 1.54) is 12.2 Å². The predicted molar refractivity (Wildman–Crippen MR) is 90.6 cm³/mol. The number of imide groups is 1. The van der Waals surface area contributed by atoms with E-state index in [-0.39, 0.29) is 11.8 Å². The number of benzene rings is 2. The highest BCUT2D eigenvalue weighted by molar-refractivity contribution is 6.28. The van der Waals surface area contributed by atoms with Gasteiger partial charge in [0.05, 0.1) is 12.8 Å². The average molecular weight is 323 g/mol. The zero-order valence-electron chi connectivity index (χ0n) is 13.7. The number of nitrogens with zero attached hydrogens (tertiary/aromatic N) is 1. The highest BCUT2D eigenvalue weighted by atomic mass is 16.5. The van der Waals surface area contributed by atoms with Crippen molar-refractivity contribution in [3.63, 3.8) is 0 Å². The number of amides is 2. The van der Waals surface area contributed by atoms with Crippen molar-refractivity contribution in [1.82, 2.24) is 0 Å². The summed E-state index contributed by atoms with van der Waals surface area (Å²) in [6, 6.07) is 10.7. The van der Waals surface area contributed by atoms with E-state index in [0.29, 0.717) is 11.4 Å². The van der Waals surface area contributed by atoms with Crippen LogP contribution in [0.4, 0.5) is 5.69 Å². The fraction of sp³-hybridized carbons (Fsp3) is 0.158. The third-order valence-corrected chi connectivity index (χ3v) is 3.79. The van der Waals surface area contributed by atoms with Crippen molar-refractivity contribution in [2.24, 2.45) is 0 Å². The van der Waals surface area contributed by atoms with Gasteiger partial charge < -0.3 is 9.47 Å². The zero-order chi connectivity index (χ0) is 17.3. The summed E-state index contributed by atoms with van der Waals surface area (Å²) in [4.78, 5) is 24.5. The normalized spacial score (nSPS) is 13.5. The lowest BCUT2D eigenvalue weighted by atomic mass is 10.1. The number of ether oxygens (including phenoxy) is 2. The van der Waals surface area contributed by atoms with Crippen LogP contribution in [0.15, 0.2) is 48.6 Å². The highest BCUT2D eigenvalue weighted by Gasteiger charge is 2.24. The molecule has 2 aromatic rings. The van der Waals surface area contributed by atoms with Crippen molar-refractivity contribution >= 4 is 17.5 Å². The second-order valence-corrected chi connectivity index (χ2v) is 5.53. The van der Waals surface area contributed by atoms with Crippen LogP contribution in [0.5, 0.6) is 17.2 Å². The van der Waals surface area contributed by atoms with Crippen LogP contribution in [0.1, 0.15) is 11.1 Å². The number of hydrogen-bond acceptors (Lipinski definition) is 4. The zero-order valence-corrected chi connectivity index (χ0v) is 13.7. The summed E-state index contributed by atoms with van der Waals surface area (Å²) in [5, 5.41) is 0. The Labute approximate surface area is 140 Å². The fourth-order valence-corrected chi connectivity index (χ4v) is 2.63. The molecule has 0 bridgehead atoms. The Balaban J connectivity index is 1.83. The largest absolute Gasteiger partial charge is 0.497 e. The highest BCUT2D eigenvalue weighted by Crippen LogP contribution is 2.33. The quantitative estimate of drug-likeness (QED) is 0.808. The minimum Gasteiger partial charge on any atom is -0.497 e. The third kappa shape index (κ3) is 2.88. The average Bonchev–Trinajstić information content (AvgIpc) is 2.90. The van der Waals surface area contributed by atoms with Gasteiger partial charge in [0, 0.05) is 12.2 Å². The lowest BCUT2D eigenvalue weighted by Crippen LogP contribution is -2.29. The molecule has 5 nitrogen and oxygen atoms in total. The van der Waals surface area contributed by atoms with Gasteiger partial charge in [0.1, 0.15) is 17.2 Å². The van der Waals surface area contributed by atoms with E-state index in [9.17, 15) is 9.59 Å². The molecule has 0 saturated heterocycles. The minimum absolute atomic E-state index is 0.337. The molecule has 0 fully saturated rings. The molecule has 5 heteroatoms. The Morgan fingerprint density at radius 1 is 0.833 bits per heavy atom. The van der Waals surface area contributed by atoms with Gasteiger partial charge >= 0.3 is 0 Å². The molecular formula is C19H17NO4. The van der Waals surface area contributed by atoms with E-state index < -0.39 is 0 Å². The first-order chi connectivity index (χ1) is 11.5. The monoisotopic (exact) mass is 323 g/mol. The molecule has 0 spiro atoms. The first kappa shape index (κ1) is 15.8. The standard InChI is InChI=1S/C19H17NO4/c1-12-10-16(23-3)11-13(2)19(12)24-15-6-4-14(5-7-15)20-17(21)8-9-18(20)22/h4-11H,1-3H3. The van der Waals surface area contributed by atoms with Crippen molar-refractivity contribution in [2.75, 3.05) is 12.0 Å². The maximum Gasteiger partial charge on any atom is 0.258 e. The van der Waals surface area contributed by atoms with Crippen LogP contribution in [0.3, 0.4) is 0 Å². The van der Waals surface area contributed by atoms with E-state index in [4.69, 9.17) is 9.47 Å². The smallest absolute Gasteiger partial charge is 0.258 e. The van der Waals surface area contributed by atoms with Crippen LogP contribution in [-0.4, -0.2) is 18.9 Å². The molecule has 1 aliphatic heterocycles. The van der Waals surface area contributed by atoms with Crippen molar-refractivity contribution < 1.29 is 19.1 Å². The van der Waals surface area contributed by atoms with Gasteiger partial charge in [-0.1, -0.05) is 0 Å².